The van der Waals surface area contributed by atoms with Gasteiger partial charge in [-0.1, -0.05) is 24.3 Å². The van der Waals surface area contributed by atoms with Gasteiger partial charge in [0.15, 0.2) is 0 Å². The summed E-state index contributed by atoms with van der Waals surface area (Å²) in [6, 6.07) is 16.8. The van der Waals surface area contributed by atoms with Gasteiger partial charge < -0.3 is 11.1 Å². The highest BCUT2D eigenvalue weighted by Crippen LogP contribution is 2.18. The Hall–Kier alpha value is -2.72. The summed E-state index contributed by atoms with van der Waals surface area (Å²) in [6.45, 7) is 0.489. The largest absolute Gasteiger partial charge is 0.326 e. The van der Waals surface area contributed by atoms with Crippen LogP contribution in [0.25, 0.3) is 10.9 Å². The van der Waals surface area contributed by atoms with E-state index in [4.69, 9.17) is 5.73 Å². The number of rotatable bonds is 3. The van der Waals surface area contributed by atoms with Crippen LogP contribution in [0.3, 0.4) is 0 Å². The fourth-order valence-electron chi connectivity index (χ4n) is 2.22. The molecule has 104 valence electrons. The van der Waals surface area contributed by atoms with E-state index in [1.54, 1.807) is 12.3 Å². The van der Waals surface area contributed by atoms with Gasteiger partial charge in [-0.2, -0.15) is 0 Å². The van der Waals surface area contributed by atoms with Crippen molar-refractivity contribution in [2.24, 2.45) is 5.73 Å². The van der Waals surface area contributed by atoms with Crippen LogP contribution in [-0.4, -0.2) is 10.9 Å². The third-order valence-corrected chi connectivity index (χ3v) is 3.34. The molecule has 0 unspecified atom stereocenters. The Kier molecular flexibility index (Phi) is 3.62. The molecule has 3 aromatic rings. The Morgan fingerprint density at radius 3 is 2.62 bits per heavy atom. The Morgan fingerprint density at radius 2 is 1.86 bits per heavy atom. The molecule has 0 atom stereocenters. The summed E-state index contributed by atoms with van der Waals surface area (Å²) < 4.78 is 0. The molecular formula is C17H15N3O. The Morgan fingerprint density at radius 1 is 1.05 bits per heavy atom. The molecule has 0 saturated carbocycles. The van der Waals surface area contributed by atoms with E-state index in [1.165, 1.54) is 0 Å². The summed E-state index contributed by atoms with van der Waals surface area (Å²) in [5.74, 6) is -0.144. The van der Waals surface area contributed by atoms with E-state index in [1.807, 2.05) is 48.5 Å². The molecule has 1 amide bonds. The molecule has 3 rings (SSSR count). The maximum Gasteiger partial charge on any atom is 0.256 e. The molecule has 0 aliphatic rings. The number of nitrogens with zero attached hydrogens (tertiary/aromatic N) is 1. The molecule has 1 heterocycles. The van der Waals surface area contributed by atoms with Crippen molar-refractivity contribution in [2.75, 3.05) is 5.32 Å². The van der Waals surface area contributed by atoms with Crippen LogP contribution in [0.4, 0.5) is 5.69 Å². The number of hydrogen-bond acceptors (Lipinski definition) is 3. The SMILES string of the molecule is NCc1ccc(NC(=O)c2cccc3ncccc23)cc1. The summed E-state index contributed by atoms with van der Waals surface area (Å²) in [5.41, 5.74) is 8.76. The first kappa shape index (κ1) is 13.3. The van der Waals surface area contributed by atoms with E-state index in [0.717, 1.165) is 22.2 Å². The number of carbonyl (C=O) groups excluding carboxylic acids is 1. The molecule has 2 aromatic carbocycles. The lowest BCUT2D eigenvalue weighted by molar-refractivity contribution is 0.102. The Labute approximate surface area is 122 Å². The van der Waals surface area contributed by atoms with Crippen LogP contribution >= 0.6 is 0 Å². The van der Waals surface area contributed by atoms with Crippen LogP contribution in [0.5, 0.6) is 0 Å². The van der Waals surface area contributed by atoms with Gasteiger partial charge >= 0.3 is 0 Å². The number of benzene rings is 2. The van der Waals surface area contributed by atoms with Crippen molar-refractivity contribution in [3.8, 4) is 0 Å². The highest BCUT2D eigenvalue weighted by Gasteiger charge is 2.10. The zero-order valence-corrected chi connectivity index (χ0v) is 11.4. The molecular weight excluding hydrogens is 262 g/mol. The van der Waals surface area contributed by atoms with Crippen LogP contribution in [0, 0.1) is 0 Å². The van der Waals surface area contributed by atoms with Gasteiger partial charge in [-0.05, 0) is 35.9 Å². The number of pyridine rings is 1. The van der Waals surface area contributed by atoms with E-state index in [-0.39, 0.29) is 5.91 Å². The molecule has 0 spiro atoms. The van der Waals surface area contributed by atoms with Crippen molar-refractivity contribution >= 4 is 22.5 Å². The van der Waals surface area contributed by atoms with Crippen molar-refractivity contribution in [3.05, 3.63) is 71.9 Å². The lowest BCUT2D eigenvalue weighted by atomic mass is 10.1. The van der Waals surface area contributed by atoms with Crippen LogP contribution < -0.4 is 11.1 Å². The summed E-state index contributed by atoms with van der Waals surface area (Å²) in [6.07, 6.45) is 1.72. The summed E-state index contributed by atoms with van der Waals surface area (Å²) in [5, 5.41) is 3.74. The first-order valence-corrected chi connectivity index (χ1v) is 6.72. The third-order valence-electron chi connectivity index (χ3n) is 3.34. The van der Waals surface area contributed by atoms with Gasteiger partial charge in [-0.15, -0.1) is 0 Å². The molecule has 21 heavy (non-hydrogen) atoms. The normalized spacial score (nSPS) is 10.5. The second kappa shape index (κ2) is 5.73. The van der Waals surface area contributed by atoms with Crippen molar-refractivity contribution in [1.82, 2.24) is 4.98 Å². The fourth-order valence-corrected chi connectivity index (χ4v) is 2.22. The average Bonchev–Trinajstić information content (AvgIpc) is 2.55. The van der Waals surface area contributed by atoms with Crippen LogP contribution in [-0.2, 0) is 6.54 Å². The fraction of sp³-hybridized carbons (Fsp3) is 0.0588. The molecule has 1 aromatic heterocycles. The predicted molar refractivity (Wildman–Crippen MR) is 84.0 cm³/mol. The topological polar surface area (TPSA) is 68.0 Å². The summed E-state index contributed by atoms with van der Waals surface area (Å²) in [7, 11) is 0. The van der Waals surface area contributed by atoms with E-state index in [9.17, 15) is 4.79 Å². The highest BCUT2D eigenvalue weighted by atomic mass is 16.1. The zero-order valence-electron chi connectivity index (χ0n) is 11.4. The monoisotopic (exact) mass is 277 g/mol. The first-order valence-electron chi connectivity index (χ1n) is 6.72. The first-order chi connectivity index (χ1) is 10.3. The van der Waals surface area contributed by atoms with E-state index >= 15 is 0 Å². The van der Waals surface area contributed by atoms with Crippen molar-refractivity contribution in [3.63, 3.8) is 0 Å². The van der Waals surface area contributed by atoms with E-state index in [0.29, 0.717) is 12.1 Å². The minimum absolute atomic E-state index is 0.144. The average molecular weight is 277 g/mol. The van der Waals surface area contributed by atoms with E-state index in [2.05, 4.69) is 10.3 Å². The quantitative estimate of drug-likeness (QED) is 0.773. The zero-order chi connectivity index (χ0) is 14.7. The molecule has 0 radical (unpaired) electrons. The van der Waals surface area contributed by atoms with Crippen LogP contribution in [0.2, 0.25) is 0 Å². The molecule has 4 heteroatoms. The third kappa shape index (κ3) is 2.75. The van der Waals surface area contributed by atoms with Gasteiger partial charge in [0.25, 0.3) is 5.91 Å². The number of nitrogens with two attached hydrogens (primary N) is 1. The number of hydrogen-bond donors (Lipinski definition) is 2. The van der Waals surface area contributed by atoms with Gasteiger partial charge in [-0.25, -0.2) is 0 Å². The lowest BCUT2D eigenvalue weighted by Gasteiger charge is -2.08. The Balaban J connectivity index is 1.90. The number of fused-ring (bicyclic) bond motifs is 1. The number of anilines is 1. The summed E-state index contributed by atoms with van der Waals surface area (Å²) in [4.78, 5) is 16.7. The second-order valence-corrected chi connectivity index (χ2v) is 4.73. The van der Waals surface area contributed by atoms with Crippen LogP contribution in [0.1, 0.15) is 15.9 Å². The maximum atomic E-state index is 12.4. The van der Waals surface area contributed by atoms with Gasteiger partial charge in [-0.3, -0.25) is 9.78 Å². The number of aromatic nitrogens is 1. The summed E-state index contributed by atoms with van der Waals surface area (Å²) >= 11 is 0. The predicted octanol–water partition coefficient (Wildman–Crippen LogP) is 2.95. The van der Waals surface area contributed by atoms with Gasteiger partial charge in [0.1, 0.15) is 0 Å². The number of amides is 1. The minimum atomic E-state index is -0.144. The molecule has 0 saturated heterocycles. The molecule has 0 aliphatic heterocycles. The molecule has 0 aliphatic carbocycles. The molecule has 4 nitrogen and oxygen atoms in total. The second-order valence-electron chi connectivity index (χ2n) is 4.73. The Bertz CT molecular complexity index is 776. The highest BCUT2D eigenvalue weighted by molar-refractivity contribution is 6.12. The van der Waals surface area contributed by atoms with Gasteiger partial charge in [0.2, 0.25) is 0 Å². The smallest absolute Gasteiger partial charge is 0.256 e. The van der Waals surface area contributed by atoms with E-state index < -0.39 is 0 Å². The number of nitrogens with one attached hydrogen (secondary N) is 1. The van der Waals surface area contributed by atoms with Crippen molar-refractivity contribution in [2.45, 2.75) is 6.54 Å². The minimum Gasteiger partial charge on any atom is -0.326 e. The van der Waals surface area contributed by atoms with Gasteiger partial charge in [0.05, 0.1) is 5.52 Å². The van der Waals surface area contributed by atoms with Crippen molar-refractivity contribution in [1.29, 1.82) is 0 Å². The van der Waals surface area contributed by atoms with Gasteiger partial charge in [0, 0.05) is 29.4 Å². The van der Waals surface area contributed by atoms with Crippen LogP contribution in [0.15, 0.2) is 60.8 Å². The molecule has 0 fully saturated rings. The molecule has 3 N–H and O–H groups in total. The standard InChI is InChI=1S/C17H15N3O/c18-11-12-6-8-13(9-7-12)20-17(21)15-3-1-5-16-14(15)4-2-10-19-16/h1-10H,11,18H2,(H,20,21). The molecule has 0 bridgehead atoms. The maximum absolute atomic E-state index is 12.4. The van der Waals surface area contributed by atoms with Crippen molar-refractivity contribution < 1.29 is 4.79 Å². The number of carbonyl (C=O) groups is 1. The lowest BCUT2D eigenvalue weighted by Crippen LogP contribution is -2.12.